The number of fused-ring (bicyclic) bond motifs is 1. The van der Waals surface area contributed by atoms with Crippen molar-refractivity contribution in [3.8, 4) is 11.5 Å². The van der Waals surface area contributed by atoms with Gasteiger partial charge in [-0.25, -0.2) is 0 Å². The van der Waals surface area contributed by atoms with Crippen LogP contribution in [0.15, 0.2) is 6.07 Å². The summed E-state index contributed by atoms with van der Waals surface area (Å²) in [5, 5.41) is 6.12. The molecule has 0 radical (unpaired) electrons. The van der Waals surface area contributed by atoms with E-state index in [0.717, 1.165) is 36.1 Å². The first kappa shape index (κ1) is 19.6. The molecule has 2 rings (SSSR count). The van der Waals surface area contributed by atoms with E-state index in [-0.39, 0.29) is 24.4 Å². The molecule has 2 N–H and O–H groups in total. The van der Waals surface area contributed by atoms with Crippen molar-refractivity contribution in [1.29, 1.82) is 0 Å². The molecule has 1 unspecified atom stereocenters. The van der Waals surface area contributed by atoms with E-state index in [4.69, 9.17) is 9.47 Å². The molecule has 0 saturated heterocycles. The van der Waals surface area contributed by atoms with Gasteiger partial charge in [-0.15, -0.1) is 0 Å². The molecule has 0 spiro atoms. The fourth-order valence-corrected chi connectivity index (χ4v) is 2.58. The quantitative estimate of drug-likeness (QED) is 0.752. The summed E-state index contributed by atoms with van der Waals surface area (Å²) < 4.78 is 11.4. The predicted molar refractivity (Wildman–Crippen MR) is 87.9 cm³/mol. The van der Waals surface area contributed by atoms with Crippen molar-refractivity contribution >= 4 is 11.6 Å². The first-order valence-electron chi connectivity index (χ1n) is 7.96. The Morgan fingerprint density at radius 2 is 2.00 bits per heavy atom. The number of unbranched alkanes of at least 4 members (excludes halogenated alkanes) is 1. The van der Waals surface area contributed by atoms with Gasteiger partial charge in [-0.05, 0) is 44.5 Å². The van der Waals surface area contributed by atoms with Crippen LogP contribution in [-0.2, 0) is 4.79 Å². The zero-order chi connectivity index (χ0) is 16.1. The van der Waals surface area contributed by atoms with Gasteiger partial charge in [-0.3, -0.25) is 4.79 Å². The SMILES string of the molecule is CCCCC(NC)C(=O)Nc1c(C)c(C)cc2c1OCCO2.[Cl-]. The first-order chi connectivity index (χ1) is 10.6. The number of hydrogen-bond acceptors (Lipinski definition) is 4. The summed E-state index contributed by atoms with van der Waals surface area (Å²) in [5.41, 5.74) is 2.83. The van der Waals surface area contributed by atoms with E-state index in [2.05, 4.69) is 17.6 Å². The number of hydrogen-bond donors (Lipinski definition) is 2. The van der Waals surface area contributed by atoms with Crippen molar-refractivity contribution in [1.82, 2.24) is 5.32 Å². The number of halogens is 1. The van der Waals surface area contributed by atoms with Gasteiger partial charge in [0.1, 0.15) is 13.2 Å². The Hall–Kier alpha value is -1.46. The molecule has 1 aromatic carbocycles. The van der Waals surface area contributed by atoms with Gasteiger partial charge in [0.05, 0.1) is 11.7 Å². The number of aryl methyl sites for hydroxylation is 1. The number of carbonyl (C=O) groups excluding carboxylic acids is 1. The minimum Gasteiger partial charge on any atom is -1.00 e. The lowest BCUT2D eigenvalue weighted by Crippen LogP contribution is -3.00. The molecule has 1 aromatic rings. The Morgan fingerprint density at radius 3 is 2.65 bits per heavy atom. The molecule has 1 aliphatic rings. The lowest BCUT2D eigenvalue weighted by molar-refractivity contribution is -0.118. The summed E-state index contributed by atoms with van der Waals surface area (Å²) in [4.78, 5) is 12.5. The largest absolute Gasteiger partial charge is 1.00 e. The number of likely N-dealkylation sites (N-methyl/N-ethyl adjacent to an activating group) is 1. The Morgan fingerprint density at radius 1 is 1.30 bits per heavy atom. The van der Waals surface area contributed by atoms with Crippen molar-refractivity contribution in [2.24, 2.45) is 0 Å². The molecule has 5 nitrogen and oxygen atoms in total. The third-order valence-corrected chi connectivity index (χ3v) is 4.11. The molecule has 1 atom stereocenters. The molecule has 0 fully saturated rings. The zero-order valence-corrected chi connectivity index (χ0v) is 15.0. The molecule has 0 saturated carbocycles. The zero-order valence-electron chi connectivity index (χ0n) is 14.3. The number of rotatable bonds is 6. The Balaban J connectivity index is 0.00000264. The number of anilines is 1. The average Bonchev–Trinajstić information content (AvgIpc) is 2.52. The maximum Gasteiger partial charge on any atom is 0.241 e. The van der Waals surface area contributed by atoms with Gasteiger partial charge in [-0.2, -0.15) is 0 Å². The number of carbonyl (C=O) groups is 1. The van der Waals surface area contributed by atoms with Crippen molar-refractivity contribution < 1.29 is 26.7 Å². The van der Waals surface area contributed by atoms with E-state index in [0.29, 0.717) is 24.7 Å². The first-order valence-corrected chi connectivity index (χ1v) is 7.96. The maximum atomic E-state index is 12.5. The molecule has 1 amide bonds. The van der Waals surface area contributed by atoms with Gasteiger partial charge in [0.2, 0.25) is 5.91 Å². The normalized spacial score (nSPS) is 13.9. The van der Waals surface area contributed by atoms with E-state index in [1.165, 1.54) is 0 Å². The summed E-state index contributed by atoms with van der Waals surface area (Å²) in [6, 6.07) is 1.77. The molecule has 0 aromatic heterocycles. The summed E-state index contributed by atoms with van der Waals surface area (Å²) in [6.07, 6.45) is 2.91. The molecular weight excluding hydrogens is 316 g/mol. The van der Waals surface area contributed by atoms with Gasteiger partial charge < -0.3 is 32.5 Å². The van der Waals surface area contributed by atoms with Crippen LogP contribution in [0.1, 0.15) is 37.3 Å². The van der Waals surface area contributed by atoms with Crippen molar-refractivity contribution in [3.63, 3.8) is 0 Å². The number of nitrogens with one attached hydrogen (secondary N) is 2. The lowest BCUT2D eigenvalue weighted by Gasteiger charge is -2.25. The fraction of sp³-hybridized carbons (Fsp3) is 0.588. The van der Waals surface area contributed by atoms with Gasteiger partial charge in [-0.1, -0.05) is 19.8 Å². The molecule has 6 heteroatoms. The van der Waals surface area contributed by atoms with Crippen molar-refractivity contribution in [2.75, 3.05) is 25.6 Å². The highest BCUT2D eigenvalue weighted by atomic mass is 35.5. The van der Waals surface area contributed by atoms with Crippen LogP contribution in [0.2, 0.25) is 0 Å². The number of ether oxygens (including phenoxy) is 2. The van der Waals surface area contributed by atoms with Crippen LogP contribution >= 0.6 is 0 Å². The third-order valence-electron chi connectivity index (χ3n) is 4.11. The van der Waals surface area contributed by atoms with Crippen molar-refractivity contribution in [2.45, 2.75) is 46.1 Å². The maximum absolute atomic E-state index is 12.5. The summed E-state index contributed by atoms with van der Waals surface area (Å²) >= 11 is 0. The van der Waals surface area contributed by atoms with Crippen LogP contribution in [0.3, 0.4) is 0 Å². The van der Waals surface area contributed by atoms with E-state index >= 15 is 0 Å². The van der Waals surface area contributed by atoms with Crippen LogP contribution in [-0.4, -0.2) is 32.2 Å². The highest BCUT2D eigenvalue weighted by molar-refractivity contribution is 5.97. The predicted octanol–water partition coefficient (Wildman–Crippen LogP) is -0.205. The Bertz CT molecular complexity index is 549. The molecule has 130 valence electrons. The highest BCUT2D eigenvalue weighted by Crippen LogP contribution is 2.41. The Labute approximate surface area is 144 Å². The fourth-order valence-electron chi connectivity index (χ4n) is 2.58. The van der Waals surface area contributed by atoms with E-state index < -0.39 is 0 Å². The molecule has 1 aliphatic heterocycles. The summed E-state index contributed by atoms with van der Waals surface area (Å²) in [7, 11) is 1.82. The number of amides is 1. The second kappa shape index (κ2) is 8.99. The summed E-state index contributed by atoms with van der Waals surface area (Å²) in [6.45, 7) is 7.17. The second-order valence-corrected chi connectivity index (χ2v) is 5.69. The van der Waals surface area contributed by atoms with Crippen LogP contribution in [0, 0.1) is 13.8 Å². The summed E-state index contributed by atoms with van der Waals surface area (Å²) in [5.74, 6) is 1.33. The molecular formula is C17H26ClN2O3-. The highest BCUT2D eigenvalue weighted by Gasteiger charge is 2.23. The van der Waals surface area contributed by atoms with Crippen LogP contribution < -0.4 is 32.5 Å². The van der Waals surface area contributed by atoms with E-state index in [1.54, 1.807) is 0 Å². The molecule has 1 heterocycles. The standard InChI is InChI=1S/C17H26N2O3.ClH/c1-5-6-7-13(18-4)17(20)19-15-12(3)11(2)10-14-16(15)22-9-8-21-14;/h10,13,18H,5-9H2,1-4H3,(H,19,20);1H/p-1. The molecule has 0 aliphatic carbocycles. The molecule has 0 bridgehead atoms. The van der Waals surface area contributed by atoms with Crippen molar-refractivity contribution in [3.05, 3.63) is 17.2 Å². The van der Waals surface area contributed by atoms with Crippen LogP contribution in [0.25, 0.3) is 0 Å². The lowest BCUT2D eigenvalue weighted by atomic mass is 10.0. The van der Waals surface area contributed by atoms with Gasteiger partial charge >= 0.3 is 0 Å². The van der Waals surface area contributed by atoms with E-state index in [9.17, 15) is 4.79 Å². The second-order valence-electron chi connectivity index (χ2n) is 5.69. The minimum absolute atomic E-state index is 0. The topological polar surface area (TPSA) is 59.6 Å². The van der Waals surface area contributed by atoms with Gasteiger partial charge in [0, 0.05) is 0 Å². The minimum atomic E-state index is -0.194. The van der Waals surface area contributed by atoms with Gasteiger partial charge in [0.15, 0.2) is 11.5 Å². The smallest absolute Gasteiger partial charge is 0.241 e. The molecule has 23 heavy (non-hydrogen) atoms. The average molecular weight is 342 g/mol. The van der Waals surface area contributed by atoms with Crippen LogP contribution in [0.5, 0.6) is 11.5 Å². The van der Waals surface area contributed by atoms with Gasteiger partial charge in [0.25, 0.3) is 0 Å². The van der Waals surface area contributed by atoms with Crippen LogP contribution in [0.4, 0.5) is 5.69 Å². The monoisotopic (exact) mass is 341 g/mol. The number of benzene rings is 1. The Kier molecular flexibility index (Phi) is 7.65. The van der Waals surface area contributed by atoms with E-state index in [1.807, 2.05) is 27.0 Å². The third kappa shape index (κ3) is 4.52.